The predicted octanol–water partition coefficient (Wildman–Crippen LogP) is 2.47. The van der Waals surface area contributed by atoms with Gasteiger partial charge in [-0.2, -0.15) is 5.26 Å². The van der Waals surface area contributed by atoms with E-state index in [-0.39, 0.29) is 0 Å². The highest BCUT2D eigenvalue weighted by molar-refractivity contribution is 5.45. The quantitative estimate of drug-likeness (QED) is 0.757. The lowest BCUT2D eigenvalue weighted by Crippen LogP contribution is -1.99. The maximum atomic E-state index is 8.56. The van der Waals surface area contributed by atoms with Crippen molar-refractivity contribution in [2.75, 3.05) is 13.7 Å². The molecule has 1 heterocycles. The molecule has 0 spiro atoms. The number of hydrogen-bond donors (Lipinski definition) is 0. The van der Waals surface area contributed by atoms with Crippen molar-refractivity contribution >= 4 is 0 Å². The van der Waals surface area contributed by atoms with Gasteiger partial charge in [0.15, 0.2) is 0 Å². The summed E-state index contributed by atoms with van der Waals surface area (Å²) >= 11 is 0. The first-order chi connectivity index (χ1) is 7.35. The number of nitrogens with zero attached hydrogens (tertiary/aromatic N) is 1. The molecule has 78 valence electrons. The van der Waals surface area contributed by atoms with Crippen LogP contribution < -0.4 is 9.47 Å². The molecule has 0 bridgehead atoms. The van der Waals surface area contributed by atoms with Crippen molar-refractivity contribution in [3.63, 3.8) is 0 Å². The molecule has 1 aliphatic rings. The van der Waals surface area contributed by atoms with Gasteiger partial charge in [0.25, 0.3) is 0 Å². The van der Waals surface area contributed by atoms with Crippen LogP contribution in [-0.4, -0.2) is 13.7 Å². The zero-order valence-electron chi connectivity index (χ0n) is 8.69. The van der Waals surface area contributed by atoms with Crippen molar-refractivity contribution in [2.45, 2.75) is 18.8 Å². The standard InChI is InChI=1S/C12H13NO2/c1-14-10-4-5-12-11(7-10)9(8-15-12)3-2-6-13/h4-5,7,9H,2-3,8H2,1H3. The minimum atomic E-state index is 0.342. The Balaban J connectivity index is 2.20. The van der Waals surface area contributed by atoms with Gasteiger partial charge >= 0.3 is 0 Å². The molecule has 1 aromatic carbocycles. The fourth-order valence-electron chi connectivity index (χ4n) is 1.86. The van der Waals surface area contributed by atoms with Crippen molar-refractivity contribution in [1.82, 2.24) is 0 Å². The van der Waals surface area contributed by atoms with Crippen LogP contribution >= 0.6 is 0 Å². The molecule has 0 saturated heterocycles. The highest BCUT2D eigenvalue weighted by atomic mass is 16.5. The summed E-state index contributed by atoms with van der Waals surface area (Å²) < 4.78 is 10.7. The largest absolute Gasteiger partial charge is 0.497 e. The number of fused-ring (bicyclic) bond motifs is 1. The minimum absolute atomic E-state index is 0.342. The summed E-state index contributed by atoms with van der Waals surface area (Å²) in [5.41, 5.74) is 1.17. The smallest absolute Gasteiger partial charge is 0.123 e. The minimum Gasteiger partial charge on any atom is -0.497 e. The first kappa shape index (κ1) is 9.85. The number of methoxy groups -OCH3 is 1. The maximum absolute atomic E-state index is 8.56. The van der Waals surface area contributed by atoms with E-state index >= 15 is 0 Å². The molecular weight excluding hydrogens is 190 g/mol. The van der Waals surface area contributed by atoms with Crippen LogP contribution in [0.25, 0.3) is 0 Å². The molecule has 2 rings (SSSR count). The number of nitriles is 1. The Morgan fingerprint density at radius 2 is 2.47 bits per heavy atom. The average molecular weight is 203 g/mol. The van der Waals surface area contributed by atoms with Gasteiger partial charge in [0.1, 0.15) is 11.5 Å². The van der Waals surface area contributed by atoms with Gasteiger partial charge in [-0.05, 0) is 24.6 Å². The van der Waals surface area contributed by atoms with E-state index in [9.17, 15) is 0 Å². The van der Waals surface area contributed by atoms with E-state index in [1.54, 1.807) is 7.11 Å². The maximum Gasteiger partial charge on any atom is 0.123 e. The topological polar surface area (TPSA) is 42.2 Å². The molecule has 1 unspecified atom stereocenters. The van der Waals surface area contributed by atoms with E-state index in [2.05, 4.69) is 6.07 Å². The van der Waals surface area contributed by atoms with Gasteiger partial charge in [-0.15, -0.1) is 0 Å². The molecule has 0 fully saturated rings. The normalized spacial score (nSPS) is 17.7. The Labute approximate surface area is 89.2 Å². The summed E-state index contributed by atoms with van der Waals surface area (Å²) in [5, 5.41) is 8.56. The molecule has 1 aliphatic heterocycles. The van der Waals surface area contributed by atoms with Gasteiger partial charge in [-0.1, -0.05) is 0 Å². The number of hydrogen-bond acceptors (Lipinski definition) is 3. The molecule has 3 heteroatoms. The van der Waals surface area contributed by atoms with Crippen molar-refractivity contribution in [3.8, 4) is 17.6 Å². The molecule has 0 aromatic heterocycles. The number of rotatable bonds is 3. The predicted molar refractivity (Wildman–Crippen MR) is 56.1 cm³/mol. The zero-order valence-corrected chi connectivity index (χ0v) is 8.69. The van der Waals surface area contributed by atoms with Crippen LogP contribution in [0.5, 0.6) is 11.5 Å². The Morgan fingerprint density at radius 3 is 3.20 bits per heavy atom. The fourth-order valence-corrected chi connectivity index (χ4v) is 1.86. The molecule has 0 N–H and O–H groups in total. The second kappa shape index (κ2) is 4.22. The SMILES string of the molecule is COc1ccc2c(c1)C(CCC#N)CO2. The van der Waals surface area contributed by atoms with Crippen molar-refractivity contribution in [1.29, 1.82) is 5.26 Å². The summed E-state index contributed by atoms with van der Waals surface area (Å²) in [7, 11) is 1.65. The first-order valence-electron chi connectivity index (χ1n) is 5.03. The lowest BCUT2D eigenvalue weighted by molar-refractivity contribution is 0.326. The molecular formula is C12H13NO2. The number of benzene rings is 1. The van der Waals surface area contributed by atoms with Gasteiger partial charge in [0, 0.05) is 17.9 Å². The first-order valence-corrected chi connectivity index (χ1v) is 5.03. The van der Waals surface area contributed by atoms with E-state index in [0.717, 1.165) is 17.9 Å². The molecule has 0 aliphatic carbocycles. The summed E-state index contributed by atoms with van der Waals surface area (Å²) in [6.07, 6.45) is 1.43. The van der Waals surface area contributed by atoms with Crippen LogP contribution in [0.3, 0.4) is 0 Å². The van der Waals surface area contributed by atoms with Gasteiger partial charge < -0.3 is 9.47 Å². The van der Waals surface area contributed by atoms with E-state index in [1.807, 2.05) is 18.2 Å². The Bertz CT molecular complexity index is 395. The highest BCUT2D eigenvalue weighted by Crippen LogP contribution is 2.38. The Kier molecular flexibility index (Phi) is 2.77. The third-order valence-corrected chi connectivity index (χ3v) is 2.70. The molecule has 15 heavy (non-hydrogen) atoms. The van der Waals surface area contributed by atoms with Crippen LogP contribution in [0, 0.1) is 11.3 Å². The van der Waals surface area contributed by atoms with Gasteiger partial charge in [-0.25, -0.2) is 0 Å². The molecule has 0 radical (unpaired) electrons. The second-order valence-corrected chi connectivity index (χ2v) is 3.61. The number of ether oxygens (including phenoxy) is 2. The van der Waals surface area contributed by atoms with E-state index in [4.69, 9.17) is 14.7 Å². The molecule has 3 nitrogen and oxygen atoms in total. The second-order valence-electron chi connectivity index (χ2n) is 3.61. The van der Waals surface area contributed by atoms with Gasteiger partial charge in [0.2, 0.25) is 0 Å². The van der Waals surface area contributed by atoms with Crippen molar-refractivity contribution < 1.29 is 9.47 Å². The van der Waals surface area contributed by atoms with E-state index in [1.165, 1.54) is 5.56 Å². The van der Waals surface area contributed by atoms with E-state index in [0.29, 0.717) is 18.9 Å². The van der Waals surface area contributed by atoms with Crippen LogP contribution in [0.1, 0.15) is 24.3 Å². The zero-order chi connectivity index (χ0) is 10.7. The highest BCUT2D eigenvalue weighted by Gasteiger charge is 2.24. The summed E-state index contributed by atoms with van der Waals surface area (Å²) in [6, 6.07) is 8.00. The molecule has 1 aromatic rings. The monoisotopic (exact) mass is 203 g/mol. The lowest BCUT2D eigenvalue weighted by atomic mass is 9.96. The van der Waals surface area contributed by atoms with E-state index < -0.39 is 0 Å². The molecule has 0 amide bonds. The molecule has 0 saturated carbocycles. The van der Waals surface area contributed by atoms with Crippen LogP contribution in [0.4, 0.5) is 0 Å². The van der Waals surface area contributed by atoms with Crippen molar-refractivity contribution in [3.05, 3.63) is 23.8 Å². The summed E-state index contributed by atoms with van der Waals surface area (Å²) in [4.78, 5) is 0. The fraction of sp³-hybridized carbons (Fsp3) is 0.417. The van der Waals surface area contributed by atoms with Crippen molar-refractivity contribution in [2.24, 2.45) is 0 Å². The Hall–Kier alpha value is -1.69. The third kappa shape index (κ3) is 1.89. The summed E-state index contributed by atoms with van der Waals surface area (Å²) in [6.45, 7) is 0.685. The Morgan fingerprint density at radius 1 is 1.60 bits per heavy atom. The van der Waals surface area contributed by atoms with Crippen LogP contribution in [0.2, 0.25) is 0 Å². The van der Waals surface area contributed by atoms with Crippen LogP contribution in [0.15, 0.2) is 18.2 Å². The van der Waals surface area contributed by atoms with Gasteiger partial charge in [0.05, 0.1) is 19.8 Å². The summed E-state index contributed by atoms with van der Waals surface area (Å²) in [5.74, 6) is 2.12. The molecule has 1 atom stereocenters. The third-order valence-electron chi connectivity index (χ3n) is 2.70. The van der Waals surface area contributed by atoms with Crippen LogP contribution in [-0.2, 0) is 0 Å². The van der Waals surface area contributed by atoms with Gasteiger partial charge in [-0.3, -0.25) is 0 Å². The average Bonchev–Trinajstić information content (AvgIpc) is 2.68. The lowest BCUT2D eigenvalue weighted by Gasteiger charge is -2.06.